The van der Waals surface area contributed by atoms with E-state index in [9.17, 15) is 0 Å². The largest absolute Gasteiger partial charge is 0.154 e. The molecule has 5 heteroatoms. The first-order valence-corrected chi connectivity index (χ1v) is 6.09. The Morgan fingerprint density at radius 3 is 2.35 bits per heavy atom. The Morgan fingerprint density at radius 1 is 0.941 bits per heavy atom. The van der Waals surface area contributed by atoms with Crippen molar-refractivity contribution >= 4 is 34.8 Å². The van der Waals surface area contributed by atoms with Crippen LogP contribution in [-0.4, -0.2) is 10.2 Å². The van der Waals surface area contributed by atoms with Gasteiger partial charge >= 0.3 is 0 Å². The monoisotopic (exact) mass is 286 g/mol. The molecule has 0 saturated carbocycles. The van der Waals surface area contributed by atoms with Crippen molar-refractivity contribution in [3.8, 4) is 11.3 Å². The van der Waals surface area contributed by atoms with E-state index in [1.165, 1.54) is 0 Å². The molecule has 0 aliphatic heterocycles. The number of hydrogen-bond donors (Lipinski definition) is 0. The van der Waals surface area contributed by atoms with Crippen molar-refractivity contribution in [2.45, 2.75) is 13.8 Å². The highest BCUT2D eigenvalue weighted by atomic mass is 35.5. The van der Waals surface area contributed by atoms with Crippen LogP contribution in [0.4, 0.5) is 0 Å². The number of aromatic nitrogens is 2. The second-order valence-electron chi connectivity index (χ2n) is 3.69. The van der Waals surface area contributed by atoms with Crippen LogP contribution in [0.5, 0.6) is 0 Å². The quantitative estimate of drug-likeness (QED) is 0.758. The Balaban J connectivity index is 2.69. The van der Waals surface area contributed by atoms with Gasteiger partial charge in [-0.25, -0.2) is 0 Å². The first kappa shape index (κ1) is 12.6. The second-order valence-corrected chi connectivity index (χ2v) is 4.83. The SMILES string of the molecule is Cc1c(Cl)nnc(-c2cccc(Cl)c2Cl)c1C. The van der Waals surface area contributed by atoms with Gasteiger partial charge in [-0.2, -0.15) is 0 Å². The van der Waals surface area contributed by atoms with Crippen molar-refractivity contribution in [3.05, 3.63) is 44.5 Å². The molecule has 0 unspecified atom stereocenters. The average Bonchev–Trinajstić information content (AvgIpc) is 2.31. The van der Waals surface area contributed by atoms with Gasteiger partial charge in [-0.3, -0.25) is 0 Å². The van der Waals surface area contributed by atoms with Gasteiger partial charge in [0.15, 0.2) is 5.15 Å². The van der Waals surface area contributed by atoms with Gasteiger partial charge in [0.2, 0.25) is 0 Å². The molecule has 0 aliphatic rings. The normalized spacial score (nSPS) is 10.6. The van der Waals surface area contributed by atoms with Gasteiger partial charge in [-0.15, -0.1) is 10.2 Å². The summed E-state index contributed by atoms with van der Waals surface area (Å²) < 4.78 is 0. The van der Waals surface area contributed by atoms with Crippen LogP contribution in [0.2, 0.25) is 15.2 Å². The first-order chi connectivity index (χ1) is 8.02. The Bertz CT molecular complexity index is 582. The van der Waals surface area contributed by atoms with Gasteiger partial charge in [0.05, 0.1) is 15.7 Å². The zero-order valence-corrected chi connectivity index (χ0v) is 11.5. The molecule has 2 nitrogen and oxygen atoms in total. The summed E-state index contributed by atoms with van der Waals surface area (Å²) in [5.41, 5.74) is 3.32. The number of benzene rings is 1. The van der Waals surface area contributed by atoms with E-state index in [4.69, 9.17) is 34.8 Å². The molecule has 0 N–H and O–H groups in total. The molecule has 1 aromatic heterocycles. The predicted molar refractivity (Wildman–Crippen MR) is 72.0 cm³/mol. The number of halogens is 3. The third kappa shape index (κ3) is 2.25. The zero-order chi connectivity index (χ0) is 12.6. The van der Waals surface area contributed by atoms with Crippen molar-refractivity contribution in [1.29, 1.82) is 0 Å². The number of nitrogens with zero attached hydrogens (tertiary/aromatic N) is 2. The molecule has 1 aromatic carbocycles. The molecule has 1 heterocycles. The van der Waals surface area contributed by atoms with Crippen LogP contribution in [0.25, 0.3) is 11.3 Å². The van der Waals surface area contributed by atoms with Crippen molar-refractivity contribution in [2.24, 2.45) is 0 Å². The molecular formula is C12H9Cl3N2. The molecule has 0 amide bonds. The summed E-state index contributed by atoms with van der Waals surface area (Å²) in [7, 11) is 0. The maximum absolute atomic E-state index is 6.16. The summed E-state index contributed by atoms with van der Waals surface area (Å²) in [6.45, 7) is 3.83. The summed E-state index contributed by atoms with van der Waals surface area (Å²) in [6.07, 6.45) is 0. The minimum atomic E-state index is 0.407. The lowest BCUT2D eigenvalue weighted by Gasteiger charge is -2.10. The summed E-state index contributed by atoms with van der Waals surface area (Å²) in [5.74, 6) is 0. The van der Waals surface area contributed by atoms with Gasteiger partial charge in [0.25, 0.3) is 0 Å². The Morgan fingerprint density at radius 2 is 1.65 bits per heavy atom. The fourth-order valence-corrected chi connectivity index (χ4v) is 2.09. The van der Waals surface area contributed by atoms with Crippen LogP contribution in [0, 0.1) is 13.8 Å². The van der Waals surface area contributed by atoms with E-state index in [2.05, 4.69) is 10.2 Å². The summed E-state index contributed by atoms with van der Waals surface area (Å²) in [4.78, 5) is 0. The highest BCUT2D eigenvalue weighted by molar-refractivity contribution is 6.43. The lowest BCUT2D eigenvalue weighted by molar-refractivity contribution is 1.00. The highest BCUT2D eigenvalue weighted by Crippen LogP contribution is 2.35. The third-order valence-electron chi connectivity index (χ3n) is 2.67. The van der Waals surface area contributed by atoms with Gasteiger partial charge < -0.3 is 0 Å². The van der Waals surface area contributed by atoms with Gasteiger partial charge in [0.1, 0.15) is 0 Å². The molecule has 0 aliphatic carbocycles. The number of hydrogen-bond acceptors (Lipinski definition) is 2. The molecule has 88 valence electrons. The minimum absolute atomic E-state index is 0.407. The van der Waals surface area contributed by atoms with Crippen LogP contribution < -0.4 is 0 Å². The fourth-order valence-electron chi connectivity index (χ4n) is 1.52. The fraction of sp³-hybridized carbons (Fsp3) is 0.167. The molecule has 17 heavy (non-hydrogen) atoms. The average molecular weight is 288 g/mol. The molecule has 0 radical (unpaired) electrons. The van der Waals surface area contributed by atoms with Crippen molar-refractivity contribution in [1.82, 2.24) is 10.2 Å². The van der Waals surface area contributed by atoms with Gasteiger partial charge in [-0.05, 0) is 31.0 Å². The van der Waals surface area contributed by atoms with Gasteiger partial charge in [0, 0.05) is 5.56 Å². The van der Waals surface area contributed by atoms with E-state index in [1.54, 1.807) is 6.07 Å². The first-order valence-electron chi connectivity index (χ1n) is 4.96. The Labute approximate surface area is 115 Å². The maximum Gasteiger partial charge on any atom is 0.154 e. The van der Waals surface area contributed by atoms with Crippen LogP contribution in [-0.2, 0) is 0 Å². The van der Waals surface area contributed by atoms with Crippen molar-refractivity contribution < 1.29 is 0 Å². The van der Waals surface area contributed by atoms with E-state index < -0.39 is 0 Å². The highest BCUT2D eigenvalue weighted by Gasteiger charge is 2.14. The standard InChI is InChI=1S/C12H9Cl3N2/c1-6-7(2)12(15)17-16-11(6)8-4-3-5-9(13)10(8)14/h3-5H,1-2H3. The minimum Gasteiger partial charge on any atom is -0.149 e. The lowest BCUT2D eigenvalue weighted by Crippen LogP contribution is -1.97. The van der Waals surface area contributed by atoms with Crippen LogP contribution in [0.3, 0.4) is 0 Å². The lowest BCUT2D eigenvalue weighted by atomic mass is 10.0. The van der Waals surface area contributed by atoms with Crippen molar-refractivity contribution in [3.63, 3.8) is 0 Å². The molecule has 0 fully saturated rings. The molecular weight excluding hydrogens is 279 g/mol. The summed E-state index contributed by atoms with van der Waals surface area (Å²) in [6, 6.07) is 5.42. The number of rotatable bonds is 1. The molecule has 0 atom stereocenters. The third-order valence-corrected chi connectivity index (χ3v) is 3.85. The van der Waals surface area contributed by atoms with Crippen molar-refractivity contribution in [2.75, 3.05) is 0 Å². The maximum atomic E-state index is 6.16. The molecule has 2 rings (SSSR count). The van der Waals surface area contributed by atoms with Gasteiger partial charge in [-0.1, -0.05) is 46.9 Å². The molecule has 0 bridgehead atoms. The topological polar surface area (TPSA) is 25.8 Å². The second kappa shape index (κ2) is 4.81. The van der Waals surface area contributed by atoms with E-state index in [-0.39, 0.29) is 0 Å². The van der Waals surface area contributed by atoms with Crippen LogP contribution >= 0.6 is 34.8 Å². The zero-order valence-electron chi connectivity index (χ0n) is 9.26. The molecule has 0 saturated heterocycles. The summed E-state index contributed by atoms with van der Waals surface area (Å²) >= 11 is 18.1. The van der Waals surface area contributed by atoms with Crippen LogP contribution in [0.1, 0.15) is 11.1 Å². The smallest absolute Gasteiger partial charge is 0.149 e. The predicted octanol–water partition coefficient (Wildman–Crippen LogP) is 4.72. The molecule has 0 spiro atoms. The van der Waals surface area contributed by atoms with Crippen LogP contribution in [0.15, 0.2) is 18.2 Å². The Hall–Kier alpha value is -0.830. The molecule has 2 aromatic rings. The van der Waals surface area contributed by atoms with E-state index in [0.717, 1.165) is 16.7 Å². The van der Waals surface area contributed by atoms with E-state index in [0.29, 0.717) is 20.9 Å². The van der Waals surface area contributed by atoms with E-state index >= 15 is 0 Å². The summed E-state index contributed by atoms with van der Waals surface area (Å²) in [5, 5.41) is 9.37. The van der Waals surface area contributed by atoms with E-state index in [1.807, 2.05) is 26.0 Å². The Kier molecular flexibility index (Phi) is 3.57.